The van der Waals surface area contributed by atoms with Crippen LogP contribution in [0.1, 0.15) is 27.6 Å². The third-order valence-corrected chi connectivity index (χ3v) is 3.36. The van der Waals surface area contributed by atoms with Crippen LogP contribution in [0, 0.1) is 15.3 Å². The van der Waals surface area contributed by atoms with E-state index in [9.17, 15) is 14.7 Å². The molecule has 34 heavy (non-hydrogen) atoms. The number of benzene rings is 1. The number of carbonyl (C=O) groups excluding carboxylic acids is 2. The molecule has 2 heterocycles. The Hall–Kier alpha value is -4.00. The van der Waals surface area contributed by atoms with E-state index in [0.717, 1.165) is 0 Å². The number of fused-ring (bicyclic) bond motifs is 1. The smallest absolute Gasteiger partial charge is 0.872 e. The molecule has 13 heteroatoms. The first-order chi connectivity index (χ1) is 14.3. The second-order valence-electron chi connectivity index (χ2n) is 5.47. The summed E-state index contributed by atoms with van der Waals surface area (Å²) in [5, 5.41) is 26.1. The van der Waals surface area contributed by atoms with Crippen molar-refractivity contribution in [2.24, 2.45) is 0 Å². The Labute approximate surface area is 205 Å². The van der Waals surface area contributed by atoms with Crippen molar-refractivity contribution in [3.05, 3.63) is 117 Å². The molecule has 0 atom stereocenters. The maximum Gasteiger partial charge on any atom is 2.00 e. The number of aromatic nitrogens is 2. The van der Waals surface area contributed by atoms with Crippen LogP contribution >= 0.6 is 0 Å². The molecule has 187 valence electrons. The molecule has 0 amide bonds. The summed E-state index contributed by atoms with van der Waals surface area (Å²) >= 11 is 0. The van der Waals surface area contributed by atoms with E-state index in [0.29, 0.717) is 5.57 Å². The zero-order valence-corrected chi connectivity index (χ0v) is 18.6. The van der Waals surface area contributed by atoms with Gasteiger partial charge >= 0.3 is 17.1 Å². The van der Waals surface area contributed by atoms with Crippen LogP contribution in [0.15, 0.2) is 91.0 Å². The Morgan fingerprint density at radius 1 is 0.765 bits per heavy atom. The summed E-state index contributed by atoms with van der Waals surface area (Å²) < 4.78 is 0. The Bertz CT molecular complexity index is 916. The number of hydrogen-bond acceptors (Lipinski definition) is 8. The zero-order chi connectivity index (χ0) is 22.4. The monoisotopic (exact) mass is 524 g/mol. The molecule has 0 aliphatic heterocycles. The fraction of sp³-hybridized carbons (Fsp3) is 0.0476. The van der Waals surface area contributed by atoms with Crippen molar-refractivity contribution in [3.63, 3.8) is 0 Å². The van der Waals surface area contributed by atoms with Gasteiger partial charge in [-0.2, -0.15) is 0 Å². The predicted molar refractivity (Wildman–Crippen MR) is 118 cm³/mol. The van der Waals surface area contributed by atoms with Gasteiger partial charge in [0.15, 0.2) is 11.6 Å². The van der Waals surface area contributed by atoms with Crippen LogP contribution in [0.3, 0.4) is 0 Å². The van der Waals surface area contributed by atoms with Crippen molar-refractivity contribution in [2.45, 2.75) is 6.92 Å². The van der Waals surface area contributed by atoms with Gasteiger partial charge in [0.05, 0.1) is 5.09 Å². The number of allylic oxidation sites excluding steroid dienone is 2. The SMILES string of the molecule is CC1=CC(=O)c2c([O-])cccc2C1=O.O.O.O.O=[N+]([O-])[O-].[Cu+2].c1ccncc1.c1ccncc1. The first kappa shape index (κ1) is 37.3. The van der Waals surface area contributed by atoms with Crippen molar-refractivity contribution >= 4 is 11.6 Å². The van der Waals surface area contributed by atoms with E-state index in [1.165, 1.54) is 24.3 Å². The van der Waals surface area contributed by atoms with Gasteiger partial charge in [-0.1, -0.05) is 36.1 Å². The third kappa shape index (κ3) is 14.1. The molecule has 0 unspecified atom stereocenters. The molecular weight excluding hydrogens is 502 g/mol. The van der Waals surface area contributed by atoms with E-state index in [1.807, 2.05) is 36.4 Å². The summed E-state index contributed by atoms with van der Waals surface area (Å²) in [6.07, 6.45) is 8.21. The summed E-state index contributed by atoms with van der Waals surface area (Å²) in [4.78, 5) is 38.8. The molecule has 12 nitrogen and oxygen atoms in total. The molecule has 1 aliphatic carbocycles. The van der Waals surface area contributed by atoms with Crippen LogP contribution in [-0.4, -0.2) is 43.0 Å². The largest absolute Gasteiger partial charge is 2.00 e. The maximum atomic E-state index is 11.6. The summed E-state index contributed by atoms with van der Waals surface area (Å²) in [5.74, 6) is -0.996. The molecule has 1 aliphatic rings. The van der Waals surface area contributed by atoms with Crippen LogP contribution in [0.4, 0.5) is 0 Å². The third-order valence-electron chi connectivity index (χ3n) is 3.36. The molecule has 1 aromatic carbocycles. The quantitative estimate of drug-likeness (QED) is 0.227. The second kappa shape index (κ2) is 20.9. The Morgan fingerprint density at radius 3 is 1.50 bits per heavy atom. The number of Topliss-reactive ketones (excluding diaryl/α,β-unsaturated/α-hetero) is 1. The molecule has 6 N–H and O–H groups in total. The van der Waals surface area contributed by atoms with Gasteiger partial charge < -0.3 is 36.9 Å². The van der Waals surface area contributed by atoms with Crippen molar-refractivity contribution in [1.29, 1.82) is 0 Å². The number of carbonyl (C=O) groups is 2. The van der Waals surface area contributed by atoms with E-state index in [-0.39, 0.29) is 61.9 Å². The van der Waals surface area contributed by atoms with Crippen LogP contribution in [0.25, 0.3) is 0 Å². The molecule has 3 aromatic rings. The predicted octanol–water partition coefficient (Wildman–Crippen LogP) is 0.533. The average molecular weight is 525 g/mol. The van der Waals surface area contributed by atoms with Crippen LogP contribution in [-0.2, 0) is 17.1 Å². The second-order valence-corrected chi connectivity index (χ2v) is 5.47. The van der Waals surface area contributed by atoms with Crippen molar-refractivity contribution < 1.29 is 53.3 Å². The zero-order valence-electron chi connectivity index (χ0n) is 17.7. The number of nitrogens with zero attached hydrogens (tertiary/aromatic N) is 3. The van der Waals surface area contributed by atoms with Gasteiger partial charge in [0, 0.05) is 41.5 Å². The van der Waals surface area contributed by atoms with E-state index in [2.05, 4.69) is 9.97 Å². The first-order valence-corrected chi connectivity index (χ1v) is 8.43. The minimum absolute atomic E-state index is 0. The van der Waals surface area contributed by atoms with Crippen LogP contribution in [0.2, 0.25) is 0 Å². The summed E-state index contributed by atoms with van der Waals surface area (Å²) in [7, 11) is 0. The maximum absolute atomic E-state index is 11.6. The molecule has 4 rings (SSSR count). The number of pyridine rings is 2. The molecule has 0 saturated carbocycles. The fourth-order valence-electron chi connectivity index (χ4n) is 2.15. The summed E-state index contributed by atoms with van der Waals surface area (Å²) in [6.45, 7) is 1.57. The summed E-state index contributed by atoms with van der Waals surface area (Å²) in [6, 6.07) is 15.7. The standard InChI is InChI=1S/C11H8O3.2C5H5N.Cu.NO3.3H2O/c1-6-5-9(13)10-7(11(6)14)3-2-4-8(10)12;2*1-2-4-6-5-3-1;;2-1(3)4;;;/h2-5,12H,1H3;2*1-5H;;;3*1H2/q;;;+2;-1;;;/p-1. The number of hydrogen-bond donors (Lipinski definition) is 0. The molecule has 0 fully saturated rings. The van der Waals surface area contributed by atoms with E-state index in [1.54, 1.807) is 31.7 Å². The minimum Gasteiger partial charge on any atom is -0.872 e. The Morgan fingerprint density at radius 2 is 1.18 bits per heavy atom. The van der Waals surface area contributed by atoms with Gasteiger partial charge in [0.1, 0.15) is 0 Å². The molecule has 1 radical (unpaired) electrons. The van der Waals surface area contributed by atoms with Gasteiger partial charge in [-0.05, 0) is 37.3 Å². The number of ketones is 2. The Kier molecular flexibility index (Phi) is 22.9. The van der Waals surface area contributed by atoms with Crippen LogP contribution in [0.5, 0.6) is 5.75 Å². The van der Waals surface area contributed by atoms with Crippen LogP contribution < -0.4 is 5.11 Å². The molecule has 0 saturated heterocycles. The fourth-order valence-corrected chi connectivity index (χ4v) is 2.15. The van der Waals surface area contributed by atoms with Gasteiger partial charge in [-0.3, -0.25) is 19.6 Å². The van der Waals surface area contributed by atoms with Crippen molar-refractivity contribution in [3.8, 4) is 5.75 Å². The molecular formula is C21H23CuN3O9. The van der Waals surface area contributed by atoms with Gasteiger partial charge in [0.2, 0.25) is 0 Å². The van der Waals surface area contributed by atoms with Gasteiger partial charge in [-0.25, -0.2) is 0 Å². The van der Waals surface area contributed by atoms with E-state index < -0.39 is 5.09 Å². The van der Waals surface area contributed by atoms with Gasteiger partial charge in [0.25, 0.3) is 0 Å². The minimum atomic E-state index is -1.75. The first-order valence-electron chi connectivity index (χ1n) is 8.43. The van der Waals surface area contributed by atoms with Crippen molar-refractivity contribution in [1.82, 2.24) is 9.97 Å². The molecule has 2 aromatic heterocycles. The Balaban J connectivity index is -0.000000192. The average Bonchev–Trinajstić information content (AvgIpc) is 2.75. The normalized spacial score (nSPS) is 9.74. The molecule has 0 spiro atoms. The topological polar surface area (TPSA) is 244 Å². The molecule has 0 bridgehead atoms. The van der Waals surface area contributed by atoms with Crippen molar-refractivity contribution in [2.75, 3.05) is 0 Å². The van der Waals surface area contributed by atoms with E-state index >= 15 is 0 Å². The van der Waals surface area contributed by atoms with Gasteiger partial charge in [-0.15, -0.1) is 0 Å². The summed E-state index contributed by atoms with van der Waals surface area (Å²) in [5.41, 5.74) is 0.610. The van der Waals surface area contributed by atoms with E-state index in [4.69, 9.17) is 15.3 Å². The number of rotatable bonds is 0.